The van der Waals surface area contributed by atoms with Crippen molar-refractivity contribution in [3.8, 4) is 11.5 Å². The number of methoxy groups -OCH3 is 1. The molecule has 2 aliphatic rings. The number of rotatable bonds is 4. The Morgan fingerprint density at radius 3 is 2.30 bits per heavy atom. The van der Waals surface area contributed by atoms with E-state index >= 15 is 0 Å². The van der Waals surface area contributed by atoms with Crippen LogP contribution in [0, 0.1) is 11.7 Å². The van der Waals surface area contributed by atoms with Crippen molar-refractivity contribution in [3.63, 3.8) is 0 Å². The molecule has 33 heavy (non-hydrogen) atoms. The Hall–Kier alpha value is -3.62. The highest BCUT2D eigenvalue weighted by atomic mass is 35.5. The largest absolute Gasteiger partial charge is 0.504 e. The summed E-state index contributed by atoms with van der Waals surface area (Å²) in [5.41, 5.74) is 1.47. The Labute approximate surface area is 193 Å². The van der Waals surface area contributed by atoms with Gasteiger partial charge < -0.3 is 9.84 Å². The van der Waals surface area contributed by atoms with Crippen LogP contribution in [-0.4, -0.2) is 30.1 Å². The minimum Gasteiger partial charge on any atom is -0.504 e. The molecule has 3 aromatic rings. The van der Waals surface area contributed by atoms with Gasteiger partial charge in [-0.3, -0.25) is 14.4 Å². The zero-order chi connectivity index (χ0) is 23.3. The van der Waals surface area contributed by atoms with Gasteiger partial charge in [-0.15, -0.1) is 0 Å². The number of phenolic OH excluding ortho intramolecular Hbond substituents is 1. The van der Waals surface area contributed by atoms with Crippen LogP contribution in [0.1, 0.15) is 11.6 Å². The molecule has 0 saturated carbocycles. The number of hydrogen-bond donors (Lipinski definition) is 1. The van der Waals surface area contributed by atoms with Gasteiger partial charge in [-0.05, 0) is 66.2 Å². The second-order valence-corrected chi connectivity index (χ2v) is 8.15. The molecule has 2 amide bonds. The molecule has 0 radical (unpaired) electrons. The van der Waals surface area contributed by atoms with Gasteiger partial charge in [0.25, 0.3) is 5.91 Å². The van der Waals surface area contributed by atoms with Crippen LogP contribution in [0.2, 0.25) is 5.02 Å². The number of halogens is 2. The molecule has 7 nitrogen and oxygen atoms in total. The molecule has 2 saturated heterocycles. The lowest BCUT2D eigenvalue weighted by molar-refractivity contribution is -0.126. The Morgan fingerprint density at radius 2 is 1.64 bits per heavy atom. The normalized spacial score (nSPS) is 22.1. The third-order valence-corrected chi connectivity index (χ3v) is 6.08. The predicted molar refractivity (Wildman–Crippen MR) is 119 cm³/mol. The minimum absolute atomic E-state index is 0.0588. The van der Waals surface area contributed by atoms with Crippen molar-refractivity contribution < 1.29 is 28.7 Å². The summed E-state index contributed by atoms with van der Waals surface area (Å²) >= 11 is 6.02. The van der Waals surface area contributed by atoms with Gasteiger partial charge in [0, 0.05) is 5.02 Å². The first-order valence-corrected chi connectivity index (χ1v) is 10.5. The third-order valence-electron chi connectivity index (χ3n) is 5.83. The summed E-state index contributed by atoms with van der Waals surface area (Å²) in [6, 6.07) is 15.9. The van der Waals surface area contributed by atoms with Crippen LogP contribution >= 0.6 is 11.6 Å². The number of amides is 2. The first-order chi connectivity index (χ1) is 15.9. The van der Waals surface area contributed by atoms with E-state index in [1.165, 1.54) is 42.5 Å². The molecule has 3 atom stereocenters. The molecule has 5 rings (SSSR count). The highest BCUT2D eigenvalue weighted by Gasteiger charge is 2.60. The van der Waals surface area contributed by atoms with Crippen molar-refractivity contribution in [1.29, 1.82) is 0 Å². The lowest BCUT2D eigenvalue weighted by atomic mass is 9.90. The highest BCUT2D eigenvalue weighted by molar-refractivity contribution is 6.30. The third kappa shape index (κ3) is 3.48. The number of benzene rings is 3. The summed E-state index contributed by atoms with van der Waals surface area (Å²) in [6.07, 6.45) is -1.08. The van der Waals surface area contributed by atoms with Crippen LogP contribution in [0.25, 0.3) is 0 Å². The number of anilines is 2. The van der Waals surface area contributed by atoms with E-state index in [1.54, 1.807) is 36.4 Å². The van der Waals surface area contributed by atoms with E-state index in [9.17, 15) is 19.1 Å². The van der Waals surface area contributed by atoms with Gasteiger partial charge in [-0.1, -0.05) is 17.7 Å². The number of carbonyl (C=O) groups excluding carboxylic acids is 2. The van der Waals surface area contributed by atoms with Crippen LogP contribution in [0.15, 0.2) is 66.7 Å². The Bertz CT molecular complexity index is 1230. The maximum absolute atomic E-state index is 13.5. The van der Waals surface area contributed by atoms with E-state index in [0.717, 1.165) is 4.90 Å². The summed E-state index contributed by atoms with van der Waals surface area (Å²) in [4.78, 5) is 33.8. The van der Waals surface area contributed by atoms with Gasteiger partial charge in [-0.25, -0.2) is 14.4 Å². The maximum Gasteiger partial charge on any atom is 0.266 e. The monoisotopic (exact) mass is 468 g/mol. The number of hydroxylamine groups is 1. The predicted octanol–water partition coefficient (Wildman–Crippen LogP) is 4.24. The van der Waals surface area contributed by atoms with Crippen LogP contribution in [0.4, 0.5) is 15.8 Å². The van der Waals surface area contributed by atoms with E-state index in [2.05, 4.69) is 0 Å². The SMILES string of the molecule is COc1cc([C@@H]2[C@H]3C(=O)N(c4ccc(F)cc4)C(=O)[C@@H]3ON2c2ccc(Cl)cc2)ccc1O. The van der Waals surface area contributed by atoms with Crippen molar-refractivity contribution in [2.24, 2.45) is 5.92 Å². The van der Waals surface area contributed by atoms with Crippen molar-refractivity contribution >= 4 is 34.8 Å². The van der Waals surface area contributed by atoms with Gasteiger partial charge in [0.2, 0.25) is 5.91 Å². The summed E-state index contributed by atoms with van der Waals surface area (Å²) in [6.45, 7) is 0. The molecule has 2 fully saturated rings. The number of hydrogen-bond acceptors (Lipinski definition) is 6. The zero-order valence-corrected chi connectivity index (χ0v) is 18.1. The molecule has 0 aliphatic carbocycles. The number of fused-ring (bicyclic) bond motifs is 1. The van der Waals surface area contributed by atoms with E-state index in [-0.39, 0.29) is 17.2 Å². The standard InChI is InChI=1S/C24H18ClFN2O5/c1-32-19-12-13(2-11-18(19)29)21-20-22(33-28(21)17-7-3-14(25)4-8-17)24(31)27(23(20)30)16-9-5-15(26)6-10-16/h2-12,20-22,29H,1H3/t20-,21-,22-/m1/s1. The molecule has 0 spiro atoms. The molecule has 0 aromatic heterocycles. The quantitative estimate of drug-likeness (QED) is 0.577. The van der Waals surface area contributed by atoms with Gasteiger partial charge >= 0.3 is 0 Å². The number of nitrogens with zero attached hydrogens (tertiary/aromatic N) is 2. The number of ether oxygens (including phenoxy) is 1. The molecular formula is C24H18ClFN2O5. The van der Waals surface area contributed by atoms with Crippen LogP contribution in [0.3, 0.4) is 0 Å². The fourth-order valence-electron chi connectivity index (χ4n) is 4.29. The zero-order valence-electron chi connectivity index (χ0n) is 17.3. The van der Waals surface area contributed by atoms with E-state index in [1.807, 2.05) is 0 Å². The van der Waals surface area contributed by atoms with Crippen LogP contribution in [0.5, 0.6) is 11.5 Å². The number of imide groups is 1. The lowest BCUT2D eigenvalue weighted by Gasteiger charge is -2.29. The fraction of sp³-hybridized carbons (Fsp3) is 0.167. The topological polar surface area (TPSA) is 79.3 Å². The van der Waals surface area contributed by atoms with Crippen molar-refractivity contribution in [1.82, 2.24) is 0 Å². The molecule has 0 unspecified atom stereocenters. The lowest BCUT2D eigenvalue weighted by Crippen LogP contribution is -2.37. The van der Waals surface area contributed by atoms with E-state index in [0.29, 0.717) is 16.3 Å². The van der Waals surface area contributed by atoms with E-state index in [4.69, 9.17) is 21.2 Å². The first kappa shape index (κ1) is 21.2. The van der Waals surface area contributed by atoms with Crippen LogP contribution < -0.4 is 14.7 Å². The average molecular weight is 469 g/mol. The first-order valence-electron chi connectivity index (χ1n) is 10.1. The fourth-order valence-corrected chi connectivity index (χ4v) is 4.41. The van der Waals surface area contributed by atoms with Crippen molar-refractivity contribution in [2.45, 2.75) is 12.1 Å². The van der Waals surface area contributed by atoms with Gasteiger partial charge in [0.1, 0.15) is 11.7 Å². The Kier molecular flexibility index (Phi) is 5.19. The van der Waals surface area contributed by atoms with Gasteiger partial charge in [0.05, 0.1) is 24.5 Å². The van der Waals surface area contributed by atoms with Crippen molar-refractivity contribution in [3.05, 3.63) is 83.1 Å². The number of aromatic hydroxyl groups is 1. The minimum atomic E-state index is -1.08. The summed E-state index contributed by atoms with van der Waals surface area (Å²) in [5, 5.41) is 12.1. The molecule has 2 aliphatic heterocycles. The number of carbonyl (C=O) groups is 2. The van der Waals surface area contributed by atoms with Crippen LogP contribution in [-0.2, 0) is 14.4 Å². The van der Waals surface area contributed by atoms with Crippen molar-refractivity contribution in [2.75, 3.05) is 17.1 Å². The Morgan fingerprint density at radius 1 is 0.970 bits per heavy atom. The Balaban J connectivity index is 1.60. The summed E-state index contributed by atoms with van der Waals surface area (Å²) in [7, 11) is 1.42. The van der Waals surface area contributed by atoms with Gasteiger partial charge in [0.15, 0.2) is 17.6 Å². The summed E-state index contributed by atoms with van der Waals surface area (Å²) in [5.74, 6) is -2.20. The van der Waals surface area contributed by atoms with Gasteiger partial charge in [-0.2, -0.15) is 0 Å². The molecule has 0 bridgehead atoms. The molecule has 168 valence electrons. The van der Waals surface area contributed by atoms with E-state index < -0.39 is 35.7 Å². The molecule has 3 aromatic carbocycles. The molecule has 1 N–H and O–H groups in total. The second-order valence-electron chi connectivity index (χ2n) is 7.72. The molecular weight excluding hydrogens is 451 g/mol. The molecule has 2 heterocycles. The number of phenols is 1. The summed E-state index contributed by atoms with van der Waals surface area (Å²) < 4.78 is 18.6. The smallest absolute Gasteiger partial charge is 0.266 e. The highest BCUT2D eigenvalue weighted by Crippen LogP contribution is 2.48. The second kappa shape index (κ2) is 8.06. The molecule has 9 heteroatoms. The average Bonchev–Trinajstić information content (AvgIpc) is 3.32. The maximum atomic E-state index is 13.5.